The zero-order valence-electron chi connectivity index (χ0n) is 13.1. The van der Waals surface area contributed by atoms with Crippen molar-refractivity contribution in [1.29, 1.82) is 0 Å². The van der Waals surface area contributed by atoms with Gasteiger partial charge in [-0.05, 0) is 12.8 Å². The summed E-state index contributed by atoms with van der Waals surface area (Å²) in [7, 11) is 1.98. The smallest absolute Gasteiger partial charge is 0.233 e. The lowest BCUT2D eigenvalue weighted by atomic mass is 10.4. The van der Waals surface area contributed by atoms with Gasteiger partial charge in [0.05, 0.1) is 19.0 Å². The maximum Gasteiger partial charge on any atom is 0.233 e. The third-order valence-electron chi connectivity index (χ3n) is 4.32. The summed E-state index contributed by atoms with van der Waals surface area (Å²) in [6.07, 6.45) is 2.26. The van der Waals surface area contributed by atoms with Gasteiger partial charge in [-0.1, -0.05) is 11.8 Å². The molecule has 8 heteroatoms. The standard InChI is InChI=1S/C14H23N5O2S/c1-17-12(10-18-6-8-21-9-7-18)15-16-14(17)22-11-13(20)19-4-2-3-5-19/h2-11H2,1H3/p+1. The predicted octanol–water partition coefficient (Wildman–Crippen LogP) is -1.06. The van der Waals surface area contributed by atoms with E-state index in [9.17, 15) is 4.79 Å². The molecule has 7 nitrogen and oxygen atoms in total. The summed E-state index contributed by atoms with van der Waals surface area (Å²) < 4.78 is 7.39. The fourth-order valence-corrected chi connectivity index (χ4v) is 3.70. The fraction of sp³-hybridized carbons (Fsp3) is 0.786. The molecule has 2 saturated heterocycles. The maximum atomic E-state index is 12.1. The fourth-order valence-electron chi connectivity index (χ4n) is 2.87. The van der Waals surface area contributed by atoms with E-state index in [4.69, 9.17) is 4.74 Å². The average molecular weight is 326 g/mol. The van der Waals surface area contributed by atoms with Crippen LogP contribution in [0.15, 0.2) is 5.16 Å². The summed E-state index contributed by atoms with van der Waals surface area (Å²) in [6.45, 7) is 6.35. The number of aromatic nitrogens is 3. The van der Waals surface area contributed by atoms with Crippen molar-refractivity contribution in [2.24, 2.45) is 7.05 Å². The molecule has 1 amide bonds. The number of quaternary nitrogens is 1. The Morgan fingerprint density at radius 1 is 1.27 bits per heavy atom. The molecule has 1 N–H and O–H groups in total. The molecule has 0 unspecified atom stereocenters. The average Bonchev–Trinajstić information content (AvgIpc) is 3.18. The Bertz CT molecular complexity index is 509. The Labute approximate surface area is 135 Å². The number of rotatable bonds is 5. The number of carbonyl (C=O) groups is 1. The number of nitrogens with zero attached hydrogens (tertiary/aromatic N) is 4. The molecular formula is C14H24N5O2S+. The minimum absolute atomic E-state index is 0.214. The molecule has 0 radical (unpaired) electrons. The predicted molar refractivity (Wildman–Crippen MR) is 82.8 cm³/mol. The molecule has 1 aromatic heterocycles. The van der Waals surface area contributed by atoms with Gasteiger partial charge in [-0.2, -0.15) is 0 Å². The molecule has 3 heterocycles. The third-order valence-corrected chi connectivity index (χ3v) is 5.32. The zero-order chi connectivity index (χ0) is 15.4. The van der Waals surface area contributed by atoms with Crippen LogP contribution in [0.1, 0.15) is 18.7 Å². The van der Waals surface area contributed by atoms with Crippen molar-refractivity contribution < 1.29 is 14.4 Å². The first kappa shape index (κ1) is 15.8. The number of hydrogen-bond acceptors (Lipinski definition) is 5. The number of thioether (sulfide) groups is 1. The van der Waals surface area contributed by atoms with E-state index < -0.39 is 0 Å². The molecule has 1 aromatic rings. The van der Waals surface area contributed by atoms with Crippen molar-refractivity contribution in [3.8, 4) is 0 Å². The van der Waals surface area contributed by atoms with E-state index in [0.29, 0.717) is 5.75 Å². The lowest BCUT2D eigenvalue weighted by Crippen LogP contribution is -3.12. The van der Waals surface area contributed by atoms with Gasteiger partial charge in [0, 0.05) is 20.1 Å². The lowest BCUT2D eigenvalue weighted by Gasteiger charge is -2.23. The van der Waals surface area contributed by atoms with Crippen molar-refractivity contribution in [1.82, 2.24) is 19.7 Å². The lowest BCUT2D eigenvalue weighted by molar-refractivity contribution is -0.922. The third kappa shape index (κ3) is 3.80. The normalized spacial score (nSPS) is 19.8. The first-order valence-electron chi connectivity index (χ1n) is 7.94. The van der Waals surface area contributed by atoms with Crippen LogP contribution in [0.2, 0.25) is 0 Å². The molecule has 3 rings (SSSR count). The summed E-state index contributed by atoms with van der Waals surface area (Å²) in [5, 5.41) is 9.36. The monoisotopic (exact) mass is 326 g/mol. The second-order valence-corrected chi connectivity index (χ2v) is 6.82. The van der Waals surface area contributed by atoms with Crippen LogP contribution >= 0.6 is 11.8 Å². The Morgan fingerprint density at radius 2 is 2.00 bits per heavy atom. The molecular weight excluding hydrogens is 302 g/mol. The van der Waals surface area contributed by atoms with E-state index in [0.717, 1.165) is 69.8 Å². The van der Waals surface area contributed by atoms with Crippen molar-refractivity contribution in [3.05, 3.63) is 5.82 Å². The van der Waals surface area contributed by atoms with Gasteiger partial charge in [-0.15, -0.1) is 10.2 Å². The molecule has 2 aliphatic heterocycles. The quantitative estimate of drug-likeness (QED) is 0.699. The molecule has 0 aliphatic carbocycles. The zero-order valence-corrected chi connectivity index (χ0v) is 13.9. The molecule has 2 aliphatic rings. The minimum Gasteiger partial charge on any atom is -0.370 e. The number of morpholine rings is 1. The largest absolute Gasteiger partial charge is 0.370 e. The van der Waals surface area contributed by atoms with Gasteiger partial charge in [-0.25, -0.2) is 0 Å². The van der Waals surface area contributed by atoms with Crippen molar-refractivity contribution in [2.75, 3.05) is 45.1 Å². The van der Waals surface area contributed by atoms with E-state index >= 15 is 0 Å². The van der Waals surface area contributed by atoms with Crippen LogP contribution in [-0.4, -0.2) is 70.7 Å². The van der Waals surface area contributed by atoms with E-state index in [1.165, 1.54) is 16.7 Å². The second-order valence-electron chi connectivity index (χ2n) is 5.87. The highest BCUT2D eigenvalue weighted by atomic mass is 32.2. The molecule has 0 spiro atoms. The van der Waals surface area contributed by atoms with Gasteiger partial charge in [0.2, 0.25) is 5.91 Å². The van der Waals surface area contributed by atoms with Crippen LogP contribution in [0.3, 0.4) is 0 Å². The maximum absolute atomic E-state index is 12.1. The summed E-state index contributed by atoms with van der Waals surface area (Å²) >= 11 is 1.49. The SMILES string of the molecule is Cn1c(C[NH+]2CCOCC2)nnc1SCC(=O)N1CCCC1. The van der Waals surface area contributed by atoms with Gasteiger partial charge >= 0.3 is 0 Å². The number of amides is 1. The van der Waals surface area contributed by atoms with Gasteiger partial charge < -0.3 is 19.1 Å². The summed E-state index contributed by atoms with van der Waals surface area (Å²) in [5.41, 5.74) is 0. The molecule has 0 bridgehead atoms. The van der Waals surface area contributed by atoms with E-state index in [2.05, 4.69) is 10.2 Å². The summed E-state index contributed by atoms with van der Waals surface area (Å²) in [5.74, 6) is 1.65. The van der Waals surface area contributed by atoms with E-state index in [1.807, 2.05) is 16.5 Å². The number of likely N-dealkylation sites (tertiary alicyclic amines) is 1. The van der Waals surface area contributed by atoms with Gasteiger partial charge in [0.25, 0.3) is 0 Å². The van der Waals surface area contributed by atoms with E-state index in [-0.39, 0.29) is 5.91 Å². The Balaban J connectivity index is 1.52. The minimum atomic E-state index is 0.214. The molecule has 0 saturated carbocycles. The Kier molecular flexibility index (Phi) is 5.32. The van der Waals surface area contributed by atoms with Crippen LogP contribution < -0.4 is 4.90 Å². The topological polar surface area (TPSA) is 64.7 Å². The van der Waals surface area contributed by atoms with Crippen LogP contribution in [0.5, 0.6) is 0 Å². The van der Waals surface area contributed by atoms with Gasteiger partial charge in [0.15, 0.2) is 11.0 Å². The second kappa shape index (κ2) is 7.43. The van der Waals surface area contributed by atoms with Crippen LogP contribution in [-0.2, 0) is 23.1 Å². The molecule has 2 fully saturated rings. The van der Waals surface area contributed by atoms with Crippen molar-refractivity contribution in [2.45, 2.75) is 24.5 Å². The summed E-state index contributed by atoms with van der Waals surface area (Å²) in [6, 6.07) is 0. The van der Waals surface area contributed by atoms with Crippen LogP contribution in [0.25, 0.3) is 0 Å². The summed E-state index contributed by atoms with van der Waals surface area (Å²) in [4.78, 5) is 15.5. The van der Waals surface area contributed by atoms with Gasteiger partial charge in [-0.3, -0.25) is 4.79 Å². The van der Waals surface area contributed by atoms with Crippen LogP contribution in [0, 0.1) is 0 Å². The number of hydrogen-bond donors (Lipinski definition) is 1. The number of ether oxygens (including phenoxy) is 1. The highest BCUT2D eigenvalue weighted by Crippen LogP contribution is 2.17. The van der Waals surface area contributed by atoms with E-state index in [1.54, 1.807) is 0 Å². The first-order valence-corrected chi connectivity index (χ1v) is 8.93. The number of nitrogens with one attached hydrogen (secondary N) is 1. The number of carbonyl (C=O) groups excluding carboxylic acids is 1. The molecule has 22 heavy (non-hydrogen) atoms. The van der Waals surface area contributed by atoms with Crippen molar-refractivity contribution in [3.63, 3.8) is 0 Å². The van der Waals surface area contributed by atoms with Gasteiger partial charge in [0.1, 0.15) is 19.6 Å². The molecule has 0 aromatic carbocycles. The Morgan fingerprint density at radius 3 is 2.73 bits per heavy atom. The first-order chi connectivity index (χ1) is 10.7. The van der Waals surface area contributed by atoms with Crippen molar-refractivity contribution >= 4 is 17.7 Å². The Hall–Kier alpha value is -1.12. The van der Waals surface area contributed by atoms with Crippen LogP contribution in [0.4, 0.5) is 0 Å². The molecule has 0 atom stereocenters. The molecule has 122 valence electrons. The highest BCUT2D eigenvalue weighted by Gasteiger charge is 2.21. The highest BCUT2D eigenvalue weighted by molar-refractivity contribution is 7.99.